The Morgan fingerprint density at radius 2 is 2.04 bits per heavy atom. The van der Waals surface area contributed by atoms with E-state index in [1.807, 2.05) is 6.92 Å². The van der Waals surface area contributed by atoms with Gasteiger partial charge in [-0.3, -0.25) is 4.79 Å². The van der Waals surface area contributed by atoms with E-state index in [4.69, 9.17) is 4.74 Å². The second-order valence-electron chi connectivity index (χ2n) is 6.22. The summed E-state index contributed by atoms with van der Waals surface area (Å²) >= 11 is 0. The van der Waals surface area contributed by atoms with Gasteiger partial charge in [-0.2, -0.15) is 0 Å². The van der Waals surface area contributed by atoms with Gasteiger partial charge in [0.1, 0.15) is 11.6 Å². The monoisotopic (exact) mass is 373 g/mol. The number of amides is 1. The molecule has 0 saturated carbocycles. The van der Waals surface area contributed by atoms with Gasteiger partial charge in [0.25, 0.3) is 5.91 Å². The molecule has 27 heavy (non-hydrogen) atoms. The minimum Gasteiger partial charge on any atom is -0.383 e. The summed E-state index contributed by atoms with van der Waals surface area (Å²) in [5, 5.41) is 8.56. The fraction of sp³-hybridized carbons (Fsp3) is 0.250. The molecule has 1 unspecified atom stereocenters. The SMILES string of the molecule is CCC(COC)Nc1ccc(NC=C2C(=O)Nc3cccc(F)c32)cc1F. The summed E-state index contributed by atoms with van der Waals surface area (Å²) in [4.78, 5) is 12.1. The summed E-state index contributed by atoms with van der Waals surface area (Å²) in [6.45, 7) is 2.46. The number of benzene rings is 2. The van der Waals surface area contributed by atoms with Crippen LogP contribution in [0.15, 0.2) is 42.6 Å². The Kier molecular flexibility index (Phi) is 5.71. The van der Waals surface area contributed by atoms with E-state index in [1.54, 1.807) is 25.3 Å². The summed E-state index contributed by atoms with van der Waals surface area (Å²) < 4.78 is 33.5. The minimum atomic E-state index is -0.492. The zero-order chi connectivity index (χ0) is 19.4. The van der Waals surface area contributed by atoms with Gasteiger partial charge in [-0.05, 0) is 36.8 Å². The van der Waals surface area contributed by atoms with Crippen LogP contribution in [0.3, 0.4) is 0 Å². The molecule has 0 fully saturated rings. The average molecular weight is 373 g/mol. The molecule has 1 heterocycles. The molecule has 0 saturated heterocycles. The summed E-state index contributed by atoms with van der Waals surface area (Å²) in [5.41, 5.74) is 1.61. The highest BCUT2D eigenvalue weighted by atomic mass is 19.1. The molecule has 142 valence electrons. The van der Waals surface area contributed by atoms with Gasteiger partial charge in [0.15, 0.2) is 0 Å². The highest BCUT2D eigenvalue weighted by molar-refractivity contribution is 6.31. The van der Waals surface area contributed by atoms with Crippen molar-refractivity contribution in [2.45, 2.75) is 19.4 Å². The summed E-state index contributed by atoms with van der Waals surface area (Å²) in [6.07, 6.45) is 2.17. The third-order valence-corrected chi connectivity index (χ3v) is 4.35. The van der Waals surface area contributed by atoms with E-state index in [1.165, 1.54) is 24.4 Å². The van der Waals surface area contributed by atoms with Gasteiger partial charge >= 0.3 is 0 Å². The van der Waals surface area contributed by atoms with Crippen molar-refractivity contribution in [1.82, 2.24) is 0 Å². The van der Waals surface area contributed by atoms with Crippen molar-refractivity contribution in [3.05, 3.63) is 59.8 Å². The maximum absolute atomic E-state index is 14.4. The number of anilines is 3. The van der Waals surface area contributed by atoms with E-state index >= 15 is 0 Å². The van der Waals surface area contributed by atoms with E-state index in [2.05, 4.69) is 16.0 Å². The molecular formula is C20H21F2N3O2. The lowest BCUT2D eigenvalue weighted by Gasteiger charge is -2.18. The van der Waals surface area contributed by atoms with Crippen molar-refractivity contribution in [3.63, 3.8) is 0 Å². The van der Waals surface area contributed by atoms with Crippen molar-refractivity contribution in [2.24, 2.45) is 0 Å². The molecule has 0 aromatic heterocycles. The molecule has 1 atom stereocenters. The lowest BCUT2D eigenvalue weighted by Crippen LogP contribution is -2.24. The van der Waals surface area contributed by atoms with Crippen molar-refractivity contribution >= 4 is 28.5 Å². The third kappa shape index (κ3) is 4.09. The highest BCUT2D eigenvalue weighted by Crippen LogP contribution is 2.33. The highest BCUT2D eigenvalue weighted by Gasteiger charge is 2.27. The summed E-state index contributed by atoms with van der Waals surface area (Å²) in [7, 11) is 1.60. The number of carbonyl (C=O) groups is 1. The molecule has 2 aromatic carbocycles. The Balaban J connectivity index is 1.77. The average Bonchev–Trinajstić information content (AvgIpc) is 2.97. The molecule has 7 heteroatoms. The van der Waals surface area contributed by atoms with Crippen molar-refractivity contribution < 1.29 is 18.3 Å². The number of halogens is 2. The first-order chi connectivity index (χ1) is 13.0. The smallest absolute Gasteiger partial charge is 0.257 e. The Morgan fingerprint density at radius 3 is 2.74 bits per heavy atom. The van der Waals surface area contributed by atoms with Gasteiger partial charge in [0.05, 0.1) is 23.6 Å². The number of hydrogen-bond acceptors (Lipinski definition) is 4. The van der Waals surface area contributed by atoms with Crippen molar-refractivity contribution in [2.75, 3.05) is 29.7 Å². The molecule has 1 aliphatic rings. The van der Waals surface area contributed by atoms with Crippen LogP contribution in [0.5, 0.6) is 0 Å². The third-order valence-electron chi connectivity index (χ3n) is 4.35. The molecule has 0 radical (unpaired) electrons. The molecular weight excluding hydrogens is 352 g/mol. The second-order valence-corrected chi connectivity index (χ2v) is 6.22. The van der Waals surface area contributed by atoms with Gasteiger partial charge in [-0.15, -0.1) is 0 Å². The van der Waals surface area contributed by atoms with E-state index < -0.39 is 17.5 Å². The molecule has 0 aliphatic carbocycles. The molecule has 1 amide bonds. The molecule has 3 N–H and O–H groups in total. The minimum absolute atomic E-state index is 0.00656. The lowest BCUT2D eigenvalue weighted by atomic mass is 10.1. The zero-order valence-corrected chi connectivity index (χ0v) is 15.1. The van der Waals surface area contributed by atoms with Crippen LogP contribution in [0.4, 0.5) is 25.8 Å². The van der Waals surface area contributed by atoms with Crippen LogP contribution in [-0.4, -0.2) is 25.7 Å². The summed E-state index contributed by atoms with van der Waals surface area (Å²) in [5.74, 6) is -1.34. The Labute approximate surface area is 156 Å². The van der Waals surface area contributed by atoms with Crippen LogP contribution in [-0.2, 0) is 9.53 Å². The molecule has 1 aliphatic heterocycles. The number of rotatable bonds is 7. The van der Waals surface area contributed by atoms with Gasteiger partial charge in [-0.1, -0.05) is 13.0 Å². The Hall–Kier alpha value is -2.93. The number of ether oxygens (including phenoxy) is 1. The normalized spacial score (nSPS) is 15.4. The van der Waals surface area contributed by atoms with Crippen LogP contribution >= 0.6 is 0 Å². The van der Waals surface area contributed by atoms with Crippen LogP contribution in [0.25, 0.3) is 5.57 Å². The van der Waals surface area contributed by atoms with Crippen LogP contribution in [0.2, 0.25) is 0 Å². The first-order valence-corrected chi connectivity index (χ1v) is 8.65. The van der Waals surface area contributed by atoms with E-state index in [9.17, 15) is 13.6 Å². The van der Waals surface area contributed by atoms with E-state index in [0.717, 1.165) is 6.42 Å². The number of nitrogens with one attached hydrogen (secondary N) is 3. The predicted molar refractivity (Wildman–Crippen MR) is 103 cm³/mol. The number of carbonyl (C=O) groups excluding carboxylic acids is 1. The fourth-order valence-corrected chi connectivity index (χ4v) is 2.90. The number of fused-ring (bicyclic) bond motifs is 1. The van der Waals surface area contributed by atoms with Gasteiger partial charge in [0.2, 0.25) is 0 Å². The Morgan fingerprint density at radius 1 is 1.22 bits per heavy atom. The summed E-state index contributed by atoms with van der Waals surface area (Å²) in [6, 6.07) is 9.05. The van der Waals surface area contributed by atoms with E-state index in [0.29, 0.717) is 23.7 Å². The first kappa shape index (κ1) is 18.8. The number of methoxy groups -OCH3 is 1. The van der Waals surface area contributed by atoms with Gasteiger partial charge < -0.3 is 20.7 Å². The van der Waals surface area contributed by atoms with Gasteiger partial charge in [-0.25, -0.2) is 8.78 Å². The van der Waals surface area contributed by atoms with Gasteiger partial charge in [0, 0.05) is 30.6 Å². The molecule has 2 aromatic rings. The molecule has 5 nitrogen and oxygen atoms in total. The fourth-order valence-electron chi connectivity index (χ4n) is 2.90. The van der Waals surface area contributed by atoms with Crippen molar-refractivity contribution in [3.8, 4) is 0 Å². The predicted octanol–water partition coefficient (Wildman–Crippen LogP) is 4.21. The van der Waals surface area contributed by atoms with E-state index in [-0.39, 0.29) is 17.2 Å². The van der Waals surface area contributed by atoms with Crippen LogP contribution in [0.1, 0.15) is 18.9 Å². The molecule has 0 spiro atoms. The number of hydrogen-bond donors (Lipinski definition) is 3. The van der Waals surface area contributed by atoms with Crippen molar-refractivity contribution in [1.29, 1.82) is 0 Å². The maximum Gasteiger partial charge on any atom is 0.257 e. The topological polar surface area (TPSA) is 62.4 Å². The second kappa shape index (κ2) is 8.18. The van der Waals surface area contributed by atoms with Crippen LogP contribution < -0.4 is 16.0 Å². The Bertz CT molecular complexity index is 884. The maximum atomic E-state index is 14.4. The first-order valence-electron chi connectivity index (χ1n) is 8.65. The molecule has 3 rings (SSSR count). The lowest BCUT2D eigenvalue weighted by molar-refractivity contribution is -0.110. The molecule has 0 bridgehead atoms. The van der Waals surface area contributed by atoms with Crippen LogP contribution in [0, 0.1) is 11.6 Å². The standard InChI is InChI=1S/C20H21F2N3O2/c1-3-12(11-27-2)24-17-8-7-13(9-16(17)22)23-10-14-19-15(21)5-4-6-18(19)25-20(14)26/h4-10,12,23-24H,3,11H2,1-2H3,(H,25,26). The largest absolute Gasteiger partial charge is 0.383 e. The zero-order valence-electron chi connectivity index (χ0n) is 15.1. The quantitative estimate of drug-likeness (QED) is 0.637.